The fourth-order valence-corrected chi connectivity index (χ4v) is 1.84. The summed E-state index contributed by atoms with van der Waals surface area (Å²) in [5, 5.41) is 18.3. The lowest BCUT2D eigenvalue weighted by atomic mass is 10.1. The first-order valence-electron chi connectivity index (χ1n) is 7.18. The van der Waals surface area contributed by atoms with Crippen molar-refractivity contribution in [1.82, 2.24) is 14.9 Å². The molecule has 0 aliphatic rings. The van der Waals surface area contributed by atoms with Gasteiger partial charge in [0.05, 0.1) is 6.33 Å². The third kappa shape index (κ3) is 7.77. The van der Waals surface area contributed by atoms with Crippen LogP contribution in [0.15, 0.2) is 43.0 Å². The molecule has 0 bridgehead atoms. The van der Waals surface area contributed by atoms with Gasteiger partial charge < -0.3 is 20.1 Å². The molecule has 1 heterocycles. The van der Waals surface area contributed by atoms with E-state index in [2.05, 4.69) is 46.1 Å². The molecule has 23 heavy (non-hydrogen) atoms. The Morgan fingerprint density at radius 2 is 1.91 bits per heavy atom. The molecule has 124 valence electrons. The van der Waals surface area contributed by atoms with Crippen LogP contribution < -0.4 is 5.32 Å². The lowest BCUT2D eigenvalue weighted by molar-refractivity contribution is -0.159. The summed E-state index contributed by atoms with van der Waals surface area (Å²) < 4.78 is 2.11. The van der Waals surface area contributed by atoms with Crippen molar-refractivity contribution < 1.29 is 19.8 Å². The molecule has 0 amide bonds. The Bertz CT molecular complexity index is 600. The van der Waals surface area contributed by atoms with Crippen molar-refractivity contribution >= 4 is 11.9 Å². The number of hydrogen-bond donors (Lipinski definition) is 3. The molecule has 0 unspecified atom stereocenters. The maximum Gasteiger partial charge on any atom is 0.414 e. The molecule has 7 heteroatoms. The van der Waals surface area contributed by atoms with E-state index in [4.69, 9.17) is 19.8 Å². The van der Waals surface area contributed by atoms with Crippen LogP contribution in [0.1, 0.15) is 17.5 Å². The highest BCUT2D eigenvalue weighted by Crippen LogP contribution is 2.05. The molecule has 0 fully saturated rings. The number of nitrogens with one attached hydrogen (secondary N) is 1. The van der Waals surface area contributed by atoms with Gasteiger partial charge in [0.2, 0.25) is 0 Å². The molecular formula is C16H21N3O4. The van der Waals surface area contributed by atoms with E-state index >= 15 is 0 Å². The Morgan fingerprint density at radius 3 is 2.48 bits per heavy atom. The molecule has 2 aromatic rings. The molecular weight excluding hydrogens is 298 g/mol. The number of rotatable bonds is 6. The van der Waals surface area contributed by atoms with E-state index in [1.165, 1.54) is 11.1 Å². The molecule has 2 rings (SSSR count). The van der Waals surface area contributed by atoms with Gasteiger partial charge in [0.1, 0.15) is 0 Å². The minimum atomic E-state index is -1.82. The van der Waals surface area contributed by atoms with Crippen LogP contribution in [0.3, 0.4) is 0 Å². The Balaban J connectivity index is 0.000000379. The summed E-state index contributed by atoms with van der Waals surface area (Å²) in [5.74, 6) is -3.65. The summed E-state index contributed by atoms with van der Waals surface area (Å²) in [5.41, 5.74) is 2.74. The Labute approximate surface area is 134 Å². The Morgan fingerprint density at radius 1 is 1.22 bits per heavy atom. The number of imidazole rings is 1. The van der Waals surface area contributed by atoms with Crippen LogP contribution in [-0.4, -0.2) is 38.2 Å². The Hall–Kier alpha value is -2.67. The third-order valence-electron chi connectivity index (χ3n) is 3.09. The molecule has 1 aromatic carbocycles. The largest absolute Gasteiger partial charge is 0.473 e. The summed E-state index contributed by atoms with van der Waals surface area (Å²) >= 11 is 0. The van der Waals surface area contributed by atoms with Crippen molar-refractivity contribution in [3.63, 3.8) is 0 Å². The van der Waals surface area contributed by atoms with E-state index in [-0.39, 0.29) is 0 Å². The van der Waals surface area contributed by atoms with Crippen molar-refractivity contribution in [2.75, 3.05) is 6.54 Å². The van der Waals surface area contributed by atoms with Gasteiger partial charge in [-0.3, -0.25) is 0 Å². The number of carbonyl (C=O) groups is 2. The predicted molar refractivity (Wildman–Crippen MR) is 85.0 cm³/mol. The number of carboxylic acids is 2. The van der Waals surface area contributed by atoms with Crippen molar-refractivity contribution in [3.05, 3.63) is 54.1 Å². The van der Waals surface area contributed by atoms with Gasteiger partial charge in [-0.1, -0.05) is 24.3 Å². The van der Waals surface area contributed by atoms with E-state index in [1.807, 2.05) is 18.7 Å². The van der Waals surface area contributed by atoms with Gasteiger partial charge in [-0.15, -0.1) is 0 Å². The second-order valence-corrected chi connectivity index (χ2v) is 4.87. The first-order valence-corrected chi connectivity index (χ1v) is 7.18. The first-order chi connectivity index (χ1) is 11.0. The van der Waals surface area contributed by atoms with Gasteiger partial charge in [0.15, 0.2) is 0 Å². The van der Waals surface area contributed by atoms with Gasteiger partial charge in [-0.05, 0) is 31.0 Å². The highest BCUT2D eigenvalue weighted by molar-refractivity contribution is 6.27. The Kier molecular flexibility index (Phi) is 8.09. The predicted octanol–water partition coefficient (Wildman–Crippen LogP) is 1.53. The van der Waals surface area contributed by atoms with Crippen LogP contribution in [0.2, 0.25) is 0 Å². The lowest BCUT2D eigenvalue weighted by Gasteiger charge is -2.07. The van der Waals surface area contributed by atoms with Gasteiger partial charge in [-0.25, -0.2) is 14.6 Å². The highest BCUT2D eigenvalue weighted by Gasteiger charge is 2.04. The summed E-state index contributed by atoms with van der Waals surface area (Å²) in [6.07, 6.45) is 6.81. The number of aromatic nitrogens is 2. The molecule has 0 spiro atoms. The van der Waals surface area contributed by atoms with Crippen molar-refractivity contribution in [2.24, 2.45) is 0 Å². The molecule has 0 atom stereocenters. The van der Waals surface area contributed by atoms with Crippen LogP contribution in [-0.2, 0) is 22.7 Å². The summed E-state index contributed by atoms with van der Waals surface area (Å²) in [6.45, 7) is 5.17. The van der Waals surface area contributed by atoms with Crippen molar-refractivity contribution in [1.29, 1.82) is 0 Å². The van der Waals surface area contributed by atoms with E-state index < -0.39 is 11.9 Å². The quantitative estimate of drug-likeness (QED) is 0.551. The number of aryl methyl sites for hydroxylation is 2. The average molecular weight is 319 g/mol. The zero-order valence-electron chi connectivity index (χ0n) is 13.0. The monoisotopic (exact) mass is 319 g/mol. The standard InChI is InChI=1S/C14H19N3.C2H2O4/c1-13-5-2-3-6-14(13)11-15-7-4-9-17-10-8-16-12-17;3-1(4)2(5)6/h2-3,5-6,8,10,12,15H,4,7,9,11H2,1H3;(H,3,4)(H,5,6). The molecule has 0 aliphatic heterocycles. The van der Waals surface area contributed by atoms with Crippen LogP contribution >= 0.6 is 0 Å². The topological polar surface area (TPSA) is 104 Å². The van der Waals surface area contributed by atoms with Gasteiger partial charge in [0.25, 0.3) is 0 Å². The smallest absolute Gasteiger partial charge is 0.414 e. The zero-order valence-corrected chi connectivity index (χ0v) is 13.0. The lowest BCUT2D eigenvalue weighted by Crippen LogP contribution is -2.16. The number of carboxylic acid groups (broad SMARTS) is 2. The number of aliphatic carboxylic acids is 2. The fraction of sp³-hybridized carbons (Fsp3) is 0.312. The molecule has 0 saturated heterocycles. The van der Waals surface area contributed by atoms with Crippen LogP contribution in [0.25, 0.3) is 0 Å². The fourth-order valence-electron chi connectivity index (χ4n) is 1.84. The maximum atomic E-state index is 9.10. The van der Waals surface area contributed by atoms with E-state index in [9.17, 15) is 0 Å². The van der Waals surface area contributed by atoms with Gasteiger partial charge in [-0.2, -0.15) is 0 Å². The van der Waals surface area contributed by atoms with E-state index in [0.717, 1.165) is 26.1 Å². The molecule has 7 nitrogen and oxygen atoms in total. The SMILES string of the molecule is Cc1ccccc1CNCCCn1ccnc1.O=C(O)C(=O)O. The van der Waals surface area contributed by atoms with E-state index in [1.54, 1.807) is 0 Å². The summed E-state index contributed by atoms with van der Waals surface area (Å²) in [7, 11) is 0. The highest BCUT2D eigenvalue weighted by atomic mass is 16.4. The summed E-state index contributed by atoms with van der Waals surface area (Å²) in [6, 6.07) is 8.51. The third-order valence-corrected chi connectivity index (χ3v) is 3.09. The number of hydrogen-bond acceptors (Lipinski definition) is 4. The molecule has 0 radical (unpaired) electrons. The van der Waals surface area contributed by atoms with Crippen molar-refractivity contribution in [2.45, 2.75) is 26.4 Å². The number of benzene rings is 1. The second kappa shape index (κ2) is 10.1. The minimum absolute atomic E-state index is 0.955. The average Bonchev–Trinajstić information content (AvgIpc) is 3.02. The van der Waals surface area contributed by atoms with Crippen LogP contribution in [0, 0.1) is 6.92 Å². The molecule has 0 saturated carbocycles. The zero-order chi connectivity index (χ0) is 17.1. The molecule has 3 N–H and O–H groups in total. The second-order valence-electron chi connectivity index (χ2n) is 4.87. The normalized spacial score (nSPS) is 9.78. The summed E-state index contributed by atoms with van der Waals surface area (Å²) in [4.78, 5) is 22.2. The van der Waals surface area contributed by atoms with Gasteiger partial charge >= 0.3 is 11.9 Å². The minimum Gasteiger partial charge on any atom is -0.473 e. The van der Waals surface area contributed by atoms with Crippen LogP contribution in [0.4, 0.5) is 0 Å². The van der Waals surface area contributed by atoms with Gasteiger partial charge in [0, 0.05) is 25.5 Å². The first kappa shape index (κ1) is 18.4. The molecule has 0 aliphatic carbocycles. The maximum absolute atomic E-state index is 9.10. The molecule has 1 aromatic heterocycles. The van der Waals surface area contributed by atoms with Crippen molar-refractivity contribution in [3.8, 4) is 0 Å². The van der Waals surface area contributed by atoms with E-state index in [0.29, 0.717) is 0 Å². The number of nitrogens with zero attached hydrogens (tertiary/aromatic N) is 2. The van der Waals surface area contributed by atoms with Crippen LogP contribution in [0.5, 0.6) is 0 Å².